The van der Waals surface area contributed by atoms with Gasteiger partial charge in [-0.25, -0.2) is 43.7 Å². The van der Waals surface area contributed by atoms with Gasteiger partial charge in [-0.3, -0.25) is 24.2 Å². The molecule has 6 aromatic rings. The van der Waals surface area contributed by atoms with E-state index in [1.54, 1.807) is 103 Å². The molecule has 0 unspecified atom stereocenters. The third-order valence-electron chi connectivity index (χ3n) is 12.5. The number of carboxylic acids is 1. The number of ketones is 1. The van der Waals surface area contributed by atoms with Gasteiger partial charge in [0.25, 0.3) is 11.8 Å². The Balaban J connectivity index is 0.000000287. The zero-order valence-corrected chi connectivity index (χ0v) is 46.6. The fraction of sp³-hybridized carbons (Fsp3) is 0.382. The number of nitrogens with two attached hydrogens (primary N) is 2. The predicted octanol–water partition coefficient (Wildman–Crippen LogP) is 5.49. The van der Waals surface area contributed by atoms with Crippen LogP contribution in [0.15, 0.2) is 85.2 Å². The topological polar surface area (TPSA) is 334 Å². The smallest absolute Gasteiger partial charge is 0.870 e. The first kappa shape index (κ1) is 62.4. The Labute approximate surface area is 475 Å². The van der Waals surface area contributed by atoms with Crippen molar-refractivity contribution in [1.82, 2.24) is 39.1 Å². The molecule has 80 heavy (non-hydrogen) atoms. The molecule has 0 spiro atoms. The number of rotatable bonds is 12. The molecule has 24 nitrogen and oxygen atoms in total. The number of piperidine rings is 2. The van der Waals surface area contributed by atoms with Gasteiger partial charge in [-0.05, 0) is 116 Å². The number of nitrogen functional groups attached to an aromatic ring is 2. The van der Waals surface area contributed by atoms with E-state index in [9.17, 15) is 33.9 Å². The first-order chi connectivity index (χ1) is 37.0. The summed E-state index contributed by atoms with van der Waals surface area (Å²) in [7, 11) is 3.05. The summed E-state index contributed by atoms with van der Waals surface area (Å²) in [6.07, 6.45) is 6.63. The molecule has 0 radical (unpaired) electrons. The average molecular weight is 1100 g/mol. The summed E-state index contributed by atoms with van der Waals surface area (Å²) in [4.78, 5) is 97.1. The molecule has 0 bridgehead atoms. The molecule has 25 heteroatoms. The molecule has 420 valence electrons. The first-order valence-corrected chi connectivity index (χ1v) is 25.3. The van der Waals surface area contributed by atoms with Crippen LogP contribution in [0.3, 0.4) is 0 Å². The van der Waals surface area contributed by atoms with E-state index in [-0.39, 0.29) is 58.9 Å². The fourth-order valence-electron chi connectivity index (χ4n) is 8.94. The molecule has 8 N–H and O–H groups in total. The maximum Gasteiger partial charge on any atom is 1.00 e. The van der Waals surface area contributed by atoms with Crippen LogP contribution in [0, 0.1) is 0 Å². The van der Waals surface area contributed by atoms with E-state index in [0.717, 1.165) is 30.4 Å². The molecule has 2 fully saturated rings. The van der Waals surface area contributed by atoms with E-state index in [1.165, 1.54) is 38.2 Å². The summed E-state index contributed by atoms with van der Waals surface area (Å²) >= 11 is 0. The molecule has 2 aliphatic heterocycles. The Morgan fingerprint density at radius 2 is 0.975 bits per heavy atom. The van der Waals surface area contributed by atoms with E-state index in [4.69, 9.17) is 35.6 Å². The number of pyridine rings is 2. The van der Waals surface area contributed by atoms with Gasteiger partial charge in [0, 0.05) is 66.8 Å². The number of methoxy groups -OCH3 is 2. The third kappa shape index (κ3) is 15.0. The van der Waals surface area contributed by atoms with Gasteiger partial charge >= 0.3 is 37.0 Å². The second kappa shape index (κ2) is 26.5. The Bertz CT molecular complexity index is 2980. The van der Waals surface area contributed by atoms with Crippen LogP contribution < -0.4 is 50.7 Å². The van der Waals surface area contributed by atoms with E-state index in [2.05, 4.69) is 25.6 Å². The summed E-state index contributed by atoms with van der Waals surface area (Å²) in [6.45, 7) is 13.2. The van der Waals surface area contributed by atoms with E-state index in [1.807, 2.05) is 20.8 Å². The zero-order chi connectivity index (χ0) is 56.6. The van der Waals surface area contributed by atoms with Crippen LogP contribution in [0.4, 0.5) is 21.2 Å². The number of aromatic carboxylic acids is 1. The number of hydrogen-bond donors (Lipinski definition) is 5. The maximum atomic E-state index is 13.0. The summed E-state index contributed by atoms with van der Waals surface area (Å²) in [5, 5.41) is 15.4. The number of nitrogens with zero attached hydrogens (tertiary/aromatic N) is 8. The Morgan fingerprint density at radius 1 is 0.600 bits per heavy atom. The Morgan fingerprint density at radius 3 is 1.32 bits per heavy atom. The predicted molar refractivity (Wildman–Crippen MR) is 291 cm³/mol. The SMILES string of the molecule is COc1ccnc(NC(=O)c2ccc(-c3nc([C@@H]4CCCCN4C(=O)OC(C)(C)C)n(N)c3C(=O)O)cc2)c1.COc1ccnc(NC(=O)c2ccc(-c3nc([C@@H]4CCCCN4C(=O)OC(C)(C)C)n(N)c3C(C)=O)cc2)c1.[Li+].[OH-]. The van der Waals surface area contributed by atoms with Crippen LogP contribution >= 0.6 is 0 Å². The molecule has 0 aliphatic carbocycles. The van der Waals surface area contributed by atoms with Crippen molar-refractivity contribution in [3.63, 3.8) is 0 Å². The summed E-state index contributed by atoms with van der Waals surface area (Å²) in [5.41, 5.74) is 0.964. The van der Waals surface area contributed by atoms with E-state index < -0.39 is 47.3 Å². The van der Waals surface area contributed by atoms with Crippen molar-refractivity contribution in [2.75, 3.05) is 49.6 Å². The number of carboxylic acid groups (broad SMARTS) is 1. The number of nitrogens with one attached hydrogen (secondary N) is 2. The largest absolute Gasteiger partial charge is 1.00 e. The molecule has 6 heterocycles. The van der Waals surface area contributed by atoms with Crippen LogP contribution in [0.1, 0.15) is 152 Å². The molecule has 2 aromatic carbocycles. The van der Waals surface area contributed by atoms with Crippen LogP contribution in [0.2, 0.25) is 0 Å². The van der Waals surface area contributed by atoms with Gasteiger partial charge in [-0.15, -0.1) is 0 Å². The minimum atomic E-state index is -1.27. The summed E-state index contributed by atoms with van der Waals surface area (Å²) < 4.78 is 23.8. The van der Waals surface area contributed by atoms with Gasteiger partial charge in [0.15, 0.2) is 23.1 Å². The minimum Gasteiger partial charge on any atom is -0.870 e. The zero-order valence-electron chi connectivity index (χ0n) is 46.6. The number of ether oxygens (including phenoxy) is 4. The molecule has 8 rings (SSSR count). The molecule has 4 aromatic heterocycles. The molecular weight excluding hydrogens is 1030 g/mol. The number of benzene rings is 2. The van der Waals surface area contributed by atoms with Gasteiger partial charge in [0.1, 0.15) is 51.4 Å². The molecule has 0 saturated carbocycles. The molecular formula is C55H67LiN12O12. The van der Waals surface area contributed by atoms with Crippen LogP contribution in [-0.2, 0) is 9.47 Å². The van der Waals surface area contributed by atoms with Crippen molar-refractivity contribution in [3.05, 3.63) is 119 Å². The van der Waals surface area contributed by atoms with E-state index in [0.29, 0.717) is 82.8 Å². The van der Waals surface area contributed by atoms with Crippen molar-refractivity contribution >= 4 is 47.4 Å². The molecule has 2 aliphatic rings. The monoisotopic (exact) mass is 1090 g/mol. The van der Waals surface area contributed by atoms with Gasteiger partial charge < -0.3 is 51.8 Å². The number of Topliss-reactive ketones (excluding diaryl/α,β-unsaturated/α-hetero) is 1. The number of likely N-dealkylation sites (tertiary alicyclic amines) is 2. The van der Waals surface area contributed by atoms with Crippen molar-refractivity contribution in [3.8, 4) is 34.0 Å². The van der Waals surface area contributed by atoms with Gasteiger partial charge in [-0.2, -0.15) is 0 Å². The van der Waals surface area contributed by atoms with Crippen molar-refractivity contribution in [2.45, 2.75) is 110 Å². The van der Waals surface area contributed by atoms with Crippen molar-refractivity contribution in [2.24, 2.45) is 0 Å². The Hall–Kier alpha value is -8.46. The summed E-state index contributed by atoms with van der Waals surface area (Å²) in [5.74, 6) is 12.9. The number of carbonyl (C=O) groups excluding carboxylic acids is 5. The normalized spacial score (nSPS) is 15.1. The standard InChI is InChI=1S/C28H34N6O5.C27H32N6O6.Li.H2O/c1-17(35)24-23(18-9-11-19(12-10-18)26(36)31-22-16-20(38-5)13-14-30-22)32-25(34(24)29)21-8-6-7-15-33(21)27(37)39-28(2,3)4;1-27(2,3)39-26(37)32-14-6-5-7-19(32)23-31-21(22(25(35)36)33(23)28)16-8-10-17(11-9-16)24(34)30-20-15-18(38-4)12-13-29-20;;/h9-14,16,21H,6-8,15,29H2,1-5H3,(H,30,31,36);8-13,15,19H,5-7,14,28H2,1-4H3,(H,35,36)(H,29,30,34);;1H2/q;;+1;/p-1/t21-;19-;;/m00../s1. The summed E-state index contributed by atoms with van der Waals surface area (Å²) in [6, 6.07) is 18.6. The van der Waals surface area contributed by atoms with Gasteiger partial charge in [-0.1, -0.05) is 24.3 Å². The number of aromatic nitrogens is 6. The van der Waals surface area contributed by atoms with Gasteiger partial charge in [0.05, 0.1) is 26.3 Å². The average Bonchev–Trinajstić information content (AvgIpc) is 3.94. The Kier molecular flexibility index (Phi) is 20.6. The van der Waals surface area contributed by atoms with Crippen LogP contribution in [0.5, 0.6) is 11.5 Å². The molecule has 2 saturated heterocycles. The van der Waals surface area contributed by atoms with Gasteiger partial charge in [0.2, 0.25) is 0 Å². The number of anilines is 2. The fourth-order valence-corrected chi connectivity index (χ4v) is 8.94. The second-order valence-electron chi connectivity index (χ2n) is 20.5. The second-order valence-corrected chi connectivity index (χ2v) is 20.5. The maximum absolute atomic E-state index is 13.0. The van der Waals surface area contributed by atoms with Crippen LogP contribution in [0.25, 0.3) is 22.5 Å². The van der Waals surface area contributed by atoms with Crippen LogP contribution in [-0.4, -0.2) is 124 Å². The van der Waals surface area contributed by atoms with E-state index >= 15 is 0 Å². The number of imidazole rings is 2. The minimum absolute atomic E-state index is 0. The number of hydrogen-bond acceptors (Lipinski definition) is 17. The number of carbonyl (C=O) groups is 6. The molecule has 2 atom stereocenters. The quantitative estimate of drug-likeness (QED) is 0.0574. The first-order valence-electron chi connectivity index (χ1n) is 25.3. The number of amides is 4. The third-order valence-corrected chi connectivity index (χ3v) is 12.5. The molecule has 4 amide bonds. The van der Waals surface area contributed by atoms with Crippen molar-refractivity contribution < 1.29 is 77.2 Å². The van der Waals surface area contributed by atoms with Crippen molar-refractivity contribution in [1.29, 1.82) is 0 Å².